The zero-order valence-corrected chi connectivity index (χ0v) is 19.2. The molecule has 1 aliphatic rings. The van der Waals surface area contributed by atoms with Gasteiger partial charge in [0.25, 0.3) is 5.91 Å². The molecule has 3 aromatic carbocycles. The number of para-hydroxylation sites is 1. The molecule has 0 aromatic heterocycles. The number of amides is 2. The van der Waals surface area contributed by atoms with Gasteiger partial charge in [-0.3, -0.25) is 9.59 Å². The van der Waals surface area contributed by atoms with Gasteiger partial charge in [0, 0.05) is 23.9 Å². The van der Waals surface area contributed by atoms with E-state index in [-0.39, 0.29) is 18.4 Å². The summed E-state index contributed by atoms with van der Waals surface area (Å²) < 4.78 is 5.59. The molecular formula is C26H24N2O4S. The highest BCUT2D eigenvalue weighted by Gasteiger charge is 2.28. The van der Waals surface area contributed by atoms with Gasteiger partial charge in [0.15, 0.2) is 0 Å². The number of anilines is 1. The Morgan fingerprint density at radius 3 is 2.55 bits per heavy atom. The molecule has 1 aliphatic heterocycles. The lowest BCUT2D eigenvalue weighted by atomic mass is 9.93. The van der Waals surface area contributed by atoms with Crippen molar-refractivity contribution in [2.75, 3.05) is 25.2 Å². The summed E-state index contributed by atoms with van der Waals surface area (Å²) in [5, 5.41) is 2.86. The lowest BCUT2D eigenvalue weighted by Crippen LogP contribution is -2.35. The first-order valence-corrected chi connectivity index (χ1v) is 11.8. The number of nitrogens with one attached hydrogen (secondary N) is 1. The first kappa shape index (κ1) is 22.6. The highest BCUT2D eigenvalue weighted by atomic mass is 32.2. The van der Waals surface area contributed by atoms with E-state index in [1.54, 1.807) is 25.2 Å². The fraction of sp³-hybridized carbons (Fsp3) is 0.192. The number of carbonyl (C=O) groups is 3. The van der Waals surface area contributed by atoms with Gasteiger partial charge in [-0.2, -0.15) is 0 Å². The van der Waals surface area contributed by atoms with Gasteiger partial charge in [0.05, 0.1) is 17.8 Å². The van der Waals surface area contributed by atoms with Crippen molar-refractivity contribution in [3.8, 4) is 0 Å². The Kier molecular flexibility index (Phi) is 6.79. The molecule has 0 saturated heterocycles. The molecule has 0 unspecified atom stereocenters. The molecule has 1 N–H and O–H groups in total. The van der Waals surface area contributed by atoms with Crippen LogP contribution in [-0.4, -0.2) is 42.5 Å². The van der Waals surface area contributed by atoms with Gasteiger partial charge >= 0.3 is 5.97 Å². The molecule has 33 heavy (non-hydrogen) atoms. The van der Waals surface area contributed by atoms with Crippen molar-refractivity contribution in [3.05, 3.63) is 95.1 Å². The van der Waals surface area contributed by atoms with Crippen LogP contribution in [0.4, 0.5) is 5.69 Å². The standard InChI is InChI=1S/C26H24N2O4S/c1-28(16-24(29)27-21-10-6-7-11-23(21)33-2)25(30)18-12-13-20-19(14-18)15-22(32-26(20)31)17-8-4-3-5-9-17/h3-14,22H,15-16H2,1-2H3,(H,27,29)/t22-/m0/s1. The molecule has 4 rings (SSSR count). The topological polar surface area (TPSA) is 75.7 Å². The minimum atomic E-state index is -0.399. The van der Waals surface area contributed by atoms with Gasteiger partial charge in [-0.05, 0) is 47.7 Å². The van der Waals surface area contributed by atoms with Gasteiger partial charge in [-0.25, -0.2) is 4.79 Å². The van der Waals surface area contributed by atoms with Crippen molar-refractivity contribution >= 4 is 35.2 Å². The highest BCUT2D eigenvalue weighted by molar-refractivity contribution is 7.98. The van der Waals surface area contributed by atoms with E-state index in [1.807, 2.05) is 60.9 Å². The van der Waals surface area contributed by atoms with Gasteiger partial charge < -0.3 is 15.0 Å². The van der Waals surface area contributed by atoms with Crippen LogP contribution >= 0.6 is 11.8 Å². The van der Waals surface area contributed by atoms with E-state index < -0.39 is 12.1 Å². The summed E-state index contributed by atoms with van der Waals surface area (Å²) in [5.41, 5.74) is 3.28. The van der Waals surface area contributed by atoms with Crippen molar-refractivity contribution in [1.82, 2.24) is 4.90 Å². The number of nitrogens with zero attached hydrogens (tertiary/aromatic N) is 1. The fourth-order valence-electron chi connectivity index (χ4n) is 3.83. The zero-order valence-electron chi connectivity index (χ0n) is 18.4. The van der Waals surface area contributed by atoms with Crippen molar-refractivity contribution < 1.29 is 19.1 Å². The lowest BCUT2D eigenvalue weighted by molar-refractivity contribution is -0.116. The van der Waals surface area contributed by atoms with Crippen molar-refractivity contribution in [2.24, 2.45) is 0 Å². The van der Waals surface area contributed by atoms with Crippen molar-refractivity contribution in [2.45, 2.75) is 17.4 Å². The summed E-state index contributed by atoms with van der Waals surface area (Å²) in [6.07, 6.45) is 2.04. The summed E-state index contributed by atoms with van der Waals surface area (Å²) in [4.78, 5) is 40.3. The van der Waals surface area contributed by atoms with E-state index in [0.29, 0.717) is 17.5 Å². The van der Waals surface area contributed by atoms with Crippen LogP contribution in [0.1, 0.15) is 37.9 Å². The van der Waals surface area contributed by atoms with E-state index in [2.05, 4.69) is 5.32 Å². The maximum atomic E-state index is 13.0. The Labute approximate surface area is 196 Å². The first-order chi connectivity index (χ1) is 16.0. The number of likely N-dealkylation sites (N-methyl/N-ethyl adjacent to an activating group) is 1. The molecule has 1 heterocycles. The van der Waals surface area contributed by atoms with Crippen LogP contribution in [0, 0.1) is 0 Å². The second-order valence-corrected chi connectivity index (χ2v) is 8.64. The largest absolute Gasteiger partial charge is 0.454 e. The first-order valence-electron chi connectivity index (χ1n) is 10.5. The number of ether oxygens (including phenoxy) is 1. The quantitative estimate of drug-likeness (QED) is 0.431. The predicted octanol–water partition coefficient (Wildman–Crippen LogP) is 4.57. The smallest absolute Gasteiger partial charge is 0.339 e. The maximum absolute atomic E-state index is 13.0. The molecule has 0 aliphatic carbocycles. The summed E-state index contributed by atoms with van der Waals surface area (Å²) in [6.45, 7) is -0.0900. The molecule has 7 heteroatoms. The molecule has 0 radical (unpaired) electrons. The summed E-state index contributed by atoms with van der Waals surface area (Å²) >= 11 is 1.54. The fourth-order valence-corrected chi connectivity index (χ4v) is 4.38. The number of rotatable bonds is 6. The van der Waals surface area contributed by atoms with E-state index >= 15 is 0 Å². The molecule has 168 valence electrons. The van der Waals surface area contributed by atoms with E-state index in [1.165, 1.54) is 16.7 Å². The monoisotopic (exact) mass is 460 g/mol. The number of fused-ring (bicyclic) bond motifs is 1. The van der Waals surface area contributed by atoms with Crippen LogP contribution in [0.25, 0.3) is 0 Å². The molecule has 1 atom stereocenters. The van der Waals surface area contributed by atoms with Gasteiger partial charge in [0.1, 0.15) is 6.10 Å². The van der Waals surface area contributed by atoms with Gasteiger partial charge in [-0.15, -0.1) is 11.8 Å². The number of cyclic esters (lactones) is 1. The number of thioether (sulfide) groups is 1. The third-order valence-electron chi connectivity index (χ3n) is 5.51. The van der Waals surface area contributed by atoms with E-state index in [4.69, 9.17) is 4.74 Å². The number of carbonyl (C=O) groups excluding carboxylic acids is 3. The minimum absolute atomic E-state index is 0.0900. The Balaban J connectivity index is 1.46. The normalized spacial score (nSPS) is 14.7. The maximum Gasteiger partial charge on any atom is 0.339 e. The van der Waals surface area contributed by atoms with Crippen molar-refractivity contribution in [1.29, 1.82) is 0 Å². The molecule has 0 saturated carbocycles. The zero-order chi connectivity index (χ0) is 23.4. The van der Waals surface area contributed by atoms with Gasteiger partial charge in [0.2, 0.25) is 5.91 Å². The molecule has 0 bridgehead atoms. The Morgan fingerprint density at radius 2 is 1.79 bits per heavy atom. The average molecular weight is 461 g/mol. The molecule has 0 spiro atoms. The van der Waals surface area contributed by atoms with E-state index in [0.717, 1.165) is 21.7 Å². The number of hydrogen-bond donors (Lipinski definition) is 1. The minimum Gasteiger partial charge on any atom is -0.454 e. The molecule has 2 amide bonds. The van der Waals surface area contributed by atoms with Crippen LogP contribution in [0.3, 0.4) is 0 Å². The lowest BCUT2D eigenvalue weighted by Gasteiger charge is -2.26. The summed E-state index contributed by atoms with van der Waals surface area (Å²) in [5.74, 6) is -0.969. The number of benzene rings is 3. The number of esters is 1. The van der Waals surface area contributed by atoms with Gasteiger partial charge in [-0.1, -0.05) is 42.5 Å². The summed E-state index contributed by atoms with van der Waals surface area (Å²) in [7, 11) is 1.59. The molecule has 6 nitrogen and oxygen atoms in total. The Hall–Kier alpha value is -3.58. The van der Waals surface area contributed by atoms with Crippen LogP contribution < -0.4 is 5.32 Å². The Bertz CT molecular complexity index is 1200. The van der Waals surface area contributed by atoms with Crippen molar-refractivity contribution in [3.63, 3.8) is 0 Å². The van der Waals surface area contributed by atoms with Crippen LogP contribution in [0.5, 0.6) is 0 Å². The van der Waals surface area contributed by atoms with Crippen LogP contribution in [0.2, 0.25) is 0 Å². The molecule has 0 fully saturated rings. The molecule has 3 aromatic rings. The number of hydrogen-bond acceptors (Lipinski definition) is 5. The van der Waals surface area contributed by atoms with E-state index in [9.17, 15) is 14.4 Å². The van der Waals surface area contributed by atoms with Crippen LogP contribution in [0.15, 0.2) is 77.7 Å². The molecular weight excluding hydrogens is 436 g/mol. The summed E-state index contributed by atoms with van der Waals surface area (Å²) in [6, 6.07) is 22.0. The SMILES string of the molecule is CSc1ccccc1NC(=O)CN(C)C(=O)c1ccc2c(c1)C[C@@H](c1ccccc1)OC2=O. The second-order valence-electron chi connectivity index (χ2n) is 7.79. The Morgan fingerprint density at radius 1 is 1.06 bits per heavy atom. The van der Waals surface area contributed by atoms with Crippen LogP contribution in [-0.2, 0) is 16.0 Å². The second kappa shape index (κ2) is 9.92. The predicted molar refractivity (Wildman–Crippen MR) is 129 cm³/mol. The average Bonchev–Trinajstić information content (AvgIpc) is 2.84. The third-order valence-corrected chi connectivity index (χ3v) is 6.30. The third kappa shape index (κ3) is 5.09. The highest BCUT2D eigenvalue weighted by Crippen LogP contribution is 2.31.